The lowest BCUT2D eigenvalue weighted by Crippen LogP contribution is -2.08. The third-order valence-electron chi connectivity index (χ3n) is 2.78. The summed E-state index contributed by atoms with van der Waals surface area (Å²) in [5.74, 6) is 0.114. The van der Waals surface area contributed by atoms with E-state index in [-0.39, 0.29) is 5.78 Å². The zero-order valence-corrected chi connectivity index (χ0v) is 11.5. The van der Waals surface area contributed by atoms with Gasteiger partial charge in [-0.25, -0.2) is 0 Å². The molecule has 17 heavy (non-hydrogen) atoms. The molecule has 0 saturated carbocycles. The maximum absolute atomic E-state index is 11.6. The fourth-order valence-corrected chi connectivity index (χ4v) is 2.09. The molecule has 2 aromatic rings. The summed E-state index contributed by atoms with van der Waals surface area (Å²) in [6.45, 7) is 0. The molecule has 0 heterocycles. The van der Waals surface area contributed by atoms with Gasteiger partial charge in [-0.15, -0.1) is 0 Å². The number of Topliss-reactive ketones (excluding diaryl/α,β-unsaturated/α-hetero) is 1. The van der Waals surface area contributed by atoms with Crippen molar-refractivity contribution in [2.24, 2.45) is 0 Å². The molecule has 0 atom stereocenters. The van der Waals surface area contributed by atoms with Crippen molar-refractivity contribution < 1.29 is 4.79 Å². The first kappa shape index (κ1) is 12.1. The van der Waals surface area contributed by atoms with Crippen LogP contribution in [0, 0.1) is 0 Å². The van der Waals surface area contributed by atoms with Gasteiger partial charge in [0.15, 0.2) is 5.78 Å². The highest BCUT2D eigenvalue weighted by atomic mass is 79.9. The summed E-state index contributed by atoms with van der Waals surface area (Å²) in [7, 11) is 4.04. The third-order valence-corrected chi connectivity index (χ3v) is 3.29. The third kappa shape index (κ3) is 2.50. The number of anilines is 1. The zero-order chi connectivity index (χ0) is 12.4. The molecule has 0 unspecified atom stereocenters. The fourth-order valence-electron chi connectivity index (χ4n) is 1.76. The van der Waals surface area contributed by atoms with Crippen LogP contribution in [0.15, 0.2) is 36.4 Å². The van der Waals surface area contributed by atoms with Crippen LogP contribution < -0.4 is 4.90 Å². The van der Waals surface area contributed by atoms with Crippen LogP contribution >= 0.6 is 15.9 Å². The van der Waals surface area contributed by atoms with Crippen LogP contribution in [0.5, 0.6) is 0 Å². The van der Waals surface area contributed by atoms with Crippen molar-refractivity contribution >= 4 is 38.2 Å². The smallest absolute Gasteiger partial charge is 0.173 e. The lowest BCUT2D eigenvalue weighted by atomic mass is 10.0. The van der Waals surface area contributed by atoms with E-state index in [1.807, 2.05) is 32.3 Å². The summed E-state index contributed by atoms with van der Waals surface area (Å²) in [5, 5.41) is 2.62. The SMILES string of the molecule is CN(C)c1ccc2cc(C(=O)CBr)ccc2c1. The number of carbonyl (C=O) groups excluding carboxylic acids is 1. The summed E-state index contributed by atoms with van der Waals surface area (Å²) >= 11 is 3.19. The second-order valence-corrected chi connectivity index (χ2v) is 4.76. The molecule has 0 aliphatic rings. The number of rotatable bonds is 3. The van der Waals surface area contributed by atoms with Crippen LogP contribution in [0.1, 0.15) is 10.4 Å². The Morgan fingerprint density at radius 2 is 1.76 bits per heavy atom. The van der Waals surface area contributed by atoms with E-state index in [4.69, 9.17) is 0 Å². The van der Waals surface area contributed by atoms with Crippen LogP contribution in [0.25, 0.3) is 10.8 Å². The first-order valence-corrected chi connectivity index (χ1v) is 6.54. The molecule has 0 N–H and O–H groups in total. The van der Waals surface area contributed by atoms with Crippen molar-refractivity contribution in [3.05, 3.63) is 42.0 Å². The maximum Gasteiger partial charge on any atom is 0.173 e. The highest BCUT2D eigenvalue weighted by Crippen LogP contribution is 2.22. The van der Waals surface area contributed by atoms with Gasteiger partial charge >= 0.3 is 0 Å². The Morgan fingerprint density at radius 3 is 2.41 bits per heavy atom. The van der Waals surface area contributed by atoms with Crippen LogP contribution in [-0.4, -0.2) is 25.2 Å². The van der Waals surface area contributed by atoms with E-state index in [1.54, 1.807) is 0 Å². The van der Waals surface area contributed by atoms with Crippen molar-refractivity contribution in [3.8, 4) is 0 Å². The van der Waals surface area contributed by atoms with Gasteiger partial charge in [0.2, 0.25) is 0 Å². The Morgan fingerprint density at radius 1 is 1.12 bits per heavy atom. The molecule has 0 fully saturated rings. The van der Waals surface area contributed by atoms with Gasteiger partial charge < -0.3 is 4.90 Å². The van der Waals surface area contributed by atoms with Crippen molar-refractivity contribution in [2.45, 2.75) is 0 Å². The lowest BCUT2D eigenvalue weighted by molar-refractivity contribution is 0.102. The van der Waals surface area contributed by atoms with E-state index in [0.717, 1.165) is 22.0 Å². The van der Waals surface area contributed by atoms with Gasteiger partial charge in [0.25, 0.3) is 0 Å². The molecule has 88 valence electrons. The number of hydrogen-bond acceptors (Lipinski definition) is 2. The molecule has 0 bridgehead atoms. The van der Waals surface area contributed by atoms with Crippen LogP contribution in [-0.2, 0) is 0 Å². The summed E-state index contributed by atoms with van der Waals surface area (Å²) in [4.78, 5) is 13.6. The van der Waals surface area contributed by atoms with E-state index in [0.29, 0.717) is 5.33 Å². The molecule has 2 rings (SSSR count). The minimum atomic E-state index is 0.114. The molecule has 3 heteroatoms. The normalized spacial score (nSPS) is 10.5. The van der Waals surface area contributed by atoms with Gasteiger partial charge in [-0.1, -0.05) is 34.1 Å². The number of nitrogens with zero attached hydrogens (tertiary/aromatic N) is 1. The molecule has 0 spiro atoms. The summed E-state index contributed by atoms with van der Waals surface area (Å²) in [6.07, 6.45) is 0. The topological polar surface area (TPSA) is 20.3 Å². The quantitative estimate of drug-likeness (QED) is 0.637. The van der Waals surface area contributed by atoms with E-state index >= 15 is 0 Å². The number of carbonyl (C=O) groups is 1. The summed E-state index contributed by atoms with van der Waals surface area (Å²) < 4.78 is 0. The second kappa shape index (κ2) is 4.88. The molecule has 0 aliphatic carbocycles. The van der Waals surface area contributed by atoms with Gasteiger partial charge in [-0.3, -0.25) is 4.79 Å². The Hall–Kier alpha value is -1.35. The van der Waals surface area contributed by atoms with Crippen molar-refractivity contribution in [3.63, 3.8) is 0 Å². The lowest BCUT2D eigenvalue weighted by Gasteiger charge is -2.13. The molecule has 0 amide bonds. The van der Waals surface area contributed by atoms with Gasteiger partial charge in [0.05, 0.1) is 5.33 Å². The van der Waals surface area contributed by atoms with E-state index in [1.165, 1.54) is 0 Å². The highest BCUT2D eigenvalue weighted by Gasteiger charge is 2.05. The Bertz CT molecular complexity index is 563. The standard InChI is InChI=1S/C14H14BrNO/c1-16(2)13-6-5-10-7-12(14(17)9-15)4-3-11(10)8-13/h3-8H,9H2,1-2H3. The van der Waals surface area contributed by atoms with Crippen LogP contribution in [0.3, 0.4) is 0 Å². The van der Waals surface area contributed by atoms with Crippen molar-refractivity contribution in [2.75, 3.05) is 24.3 Å². The first-order valence-electron chi connectivity index (χ1n) is 5.42. The average molecular weight is 292 g/mol. The van der Waals surface area contributed by atoms with E-state index in [2.05, 4.69) is 39.0 Å². The minimum Gasteiger partial charge on any atom is -0.378 e. The molecule has 2 aromatic carbocycles. The Kier molecular flexibility index (Phi) is 3.48. The minimum absolute atomic E-state index is 0.114. The molecule has 2 nitrogen and oxygen atoms in total. The Labute approximate surface area is 109 Å². The zero-order valence-electron chi connectivity index (χ0n) is 9.90. The number of hydrogen-bond donors (Lipinski definition) is 0. The second-order valence-electron chi connectivity index (χ2n) is 4.20. The molecule has 0 aromatic heterocycles. The van der Waals surface area contributed by atoms with Gasteiger partial charge in [0.1, 0.15) is 0 Å². The number of ketones is 1. The molecule has 0 aliphatic heterocycles. The monoisotopic (exact) mass is 291 g/mol. The summed E-state index contributed by atoms with van der Waals surface area (Å²) in [6, 6.07) is 12.1. The summed E-state index contributed by atoms with van der Waals surface area (Å²) in [5.41, 5.74) is 1.92. The van der Waals surface area contributed by atoms with Crippen molar-refractivity contribution in [1.29, 1.82) is 0 Å². The largest absolute Gasteiger partial charge is 0.378 e. The number of benzene rings is 2. The van der Waals surface area contributed by atoms with Crippen LogP contribution in [0.2, 0.25) is 0 Å². The fraction of sp³-hybridized carbons (Fsp3) is 0.214. The molecule has 0 saturated heterocycles. The maximum atomic E-state index is 11.6. The van der Waals surface area contributed by atoms with Gasteiger partial charge in [0, 0.05) is 25.3 Å². The Balaban J connectivity index is 2.50. The molecule has 0 radical (unpaired) electrons. The van der Waals surface area contributed by atoms with Gasteiger partial charge in [-0.2, -0.15) is 0 Å². The highest BCUT2D eigenvalue weighted by molar-refractivity contribution is 9.09. The average Bonchev–Trinajstić information content (AvgIpc) is 2.36. The predicted molar refractivity (Wildman–Crippen MR) is 76.4 cm³/mol. The van der Waals surface area contributed by atoms with Gasteiger partial charge in [-0.05, 0) is 29.0 Å². The number of fused-ring (bicyclic) bond motifs is 1. The van der Waals surface area contributed by atoms with E-state index < -0.39 is 0 Å². The van der Waals surface area contributed by atoms with Crippen molar-refractivity contribution in [1.82, 2.24) is 0 Å². The number of alkyl halides is 1. The number of halogens is 1. The van der Waals surface area contributed by atoms with E-state index in [9.17, 15) is 4.79 Å². The molecular weight excluding hydrogens is 278 g/mol. The first-order chi connectivity index (χ1) is 8.11. The van der Waals surface area contributed by atoms with Crippen LogP contribution in [0.4, 0.5) is 5.69 Å². The molecular formula is C14H14BrNO. The predicted octanol–water partition coefficient (Wildman–Crippen LogP) is 3.48.